The van der Waals surface area contributed by atoms with Crippen molar-refractivity contribution in [3.63, 3.8) is 0 Å². The Morgan fingerprint density at radius 3 is 2.27 bits per heavy atom. The summed E-state index contributed by atoms with van der Waals surface area (Å²) < 4.78 is 25.3. The van der Waals surface area contributed by atoms with E-state index in [-0.39, 0.29) is 17.7 Å². The van der Waals surface area contributed by atoms with Crippen LogP contribution in [0.2, 0.25) is 0 Å². The third-order valence-electron chi connectivity index (χ3n) is 4.60. The van der Waals surface area contributed by atoms with Crippen molar-refractivity contribution in [1.82, 2.24) is 5.32 Å². The number of rotatable bonds is 6. The van der Waals surface area contributed by atoms with Crippen molar-refractivity contribution in [1.29, 1.82) is 0 Å². The summed E-state index contributed by atoms with van der Waals surface area (Å²) in [6.45, 7) is 0.290. The second kappa shape index (κ2) is 7.19. The molecule has 1 saturated carbocycles. The zero-order chi connectivity index (χ0) is 18.6. The van der Waals surface area contributed by atoms with Crippen LogP contribution in [0.4, 0.5) is 0 Å². The molecule has 0 saturated heterocycles. The van der Waals surface area contributed by atoms with Crippen molar-refractivity contribution in [3.05, 3.63) is 76.7 Å². The highest BCUT2D eigenvalue weighted by Gasteiger charge is 2.54. The molecule has 3 rings (SSSR count). The molecule has 1 N–H and O–H groups in total. The van der Waals surface area contributed by atoms with E-state index < -0.39 is 26.5 Å². The topological polar surface area (TPSA) is 112 Å². The van der Waals surface area contributed by atoms with Crippen LogP contribution in [-0.4, -0.2) is 25.1 Å². The van der Waals surface area contributed by atoms with E-state index in [4.69, 9.17) is 5.53 Å². The predicted molar refractivity (Wildman–Crippen MR) is 96.8 cm³/mol. The summed E-state index contributed by atoms with van der Waals surface area (Å²) in [5.41, 5.74) is 8.39. The summed E-state index contributed by atoms with van der Waals surface area (Å²) in [7, 11) is -3.56. The molecule has 1 amide bonds. The Hall–Kier alpha value is -2.83. The van der Waals surface area contributed by atoms with Gasteiger partial charge in [0.05, 0.1) is 10.1 Å². The van der Waals surface area contributed by atoms with Crippen molar-refractivity contribution in [2.75, 3.05) is 0 Å². The molecule has 1 aliphatic carbocycles. The number of azide groups is 1. The molecule has 0 bridgehead atoms. The van der Waals surface area contributed by atoms with Gasteiger partial charge in [-0.25, -0.2) is 8.42 Å². The zero-order valence-electron chi connectivity index (χ0n) is 13.9. The maximum Gasteiger partial charge on any atom is 0.232 e. The molecule has 1 fully saturated rings. The van der Waals surface area contributed by atoms with E-state index in [0.29, 0.717) is 6.54 Å². The first-order chi connectivity index (χ1) is 12.5. The number of nitrogens with zero attached hydrogens (tertiary/aromatic N) is 3. The maximum atomic E-state index is 12.6. The normalized spacial score (nSPS) is 21.9. The van der Waals surface area contributed by atoms with Gasteiger partial charge in [-0.15, -0.1) is 0 Å². The lowest BCUT2D eigenvalue weighted by Gasteiger charge is -2.42. The summed E-state index contributed by atoms with van der Waals surface area (Å²) in [5.74, 6) is -0.446. The Kier molecular flexibility index (Phi) is 4.97. The second-order valence-corrected chi connectivity index (χ2v) is 8.51. The van der Waals surface area contributed by atoms with Crippen molar-refractivity contribution in [2.24, 2.45) is 5.11 Å². The molecule has 0 radical (unpaired) electrons. The van der Waals surface area contributed by atoms with Gasteiger partial charge >= 0.3 is 0 Å². The molecule has 8 heteroatoms. The molecule has 1 aliphatic rings. The van der Waals surface area contributed by atoms with Gasteiger partial charge < -0.3 is 5.32 Å². The fraction of sp³-hybridized carbons (Fsp3) is 0.278. The summed E-state index contributed by atoms with van der Waals surface area (Å²) in [5, 5.41) is 5.64. The molecule has 0 heterocycles. The van der Waals surface area contributed by atoms with Crippen molar-refractivity contribution < 1.29 is 13.2 Å². The van der Waals surface area contributed by atoms with Crippen LogP contribution in [0.5, 0.6) is 0 Å². The molecule has 7 nitrogen and oxygen atoms in total. The second-order valence-electron chi connectivity index (χ2n) is 6.28. The molecule has 0 atom stereocenters. The van der Waals surface area contributed by atoms with E-state index in [1.165, 1.54) is 12.1 Å². The average molecular weight is 370 g/mol. The Labute approximate surface area is 151 Å². The highest BCUT2D eigenvalue weighted by molar-refractivity contribution is 7.92. The minimum Gasteiger partial charge on any atom is -0.351 e. The number of benzene rings is 2. The van der Waals surface area contributed by atoms with Crippen molar-refractivity contribution >= 4 is 15.7 Å². The Balaban J connectivity index is 1.71. The minimum absolute atomic E-state index is 0.0189. The molecule has 2 aromatic carbocycles. The summed E-state index contributed by atoms with van der Waals surface area (Å²) in [4.78, 5) is 15.5. The van der Waals surface area contributed by atoms with Crippen LogP contribution >= 0.6 is 0 Å². The van der Waals surface area contributed by atoms with Gasteiger partial charge in [-0.2, -0.15) is 0 Å². The predicted octanol–water partition coefficient (Wildman–Crippen LogP) is 2.99. The number of carbonyl (C=O) groups is 1. The first kappa shape index (κ1) is 18.0. The monoisotopic (exact) mass is 370 g/mol. The molecule has 2 aromatic rings. The van der Waals surface area contributed by atoms with E-state index in [1.54, 1.807) is 18.2 Å². The van der Waals surface area contributed by atoms with Gasteiger partial charge in [-0.05, 0) is 36.1 Å². The Morgan fingerprint density at radius 2 is 1.69 bits per heavy atom. The van der Waals surface area contributed by atoms with Gasteiger partial charge in [-0.3, -0.25) is 4.79 Å². The van der Waals surface area contributed by atoms with Crippen LogP contribution in [-0.2, 0) is 21.2 Å². The molecule has 134 valence electrons. The van der Waals surface area contributed by atoms with Crippen molar-refractivity contribution in [2.45, 2.75) is 35.1 Å². The van der Waals surface area contributed by atoms with Crippen LogP contribution in [0.1, 0.15) is 18.4 Å². The molecular weight excluding hydrogens is 352 g/mol. The third kappa shape index (κ3) is 3.42. The van der Waals surface area contributed by atoms with E-state index >= 15 is 0 Å². The molecule has 0 aromatic heterocycles. The van der Waals surface area contributed by atoms with Gasteiger partial charge in [0.15, 0.2) is 9.84 Å². The van der Waals surface area contributed by atoms with E-state index in [2.05, 4.69) is 15.3 Å². The van der Waals surface area contributed by atoms with Crippen LogP contribution in [0.3, 0.4) is 0 Å². The Bertz CT molecular complexity index is 933. The fourth-order valence-corrected chi connectivity index (χ4v) is 4.97. The SMILES string of the molecule is [N-]=[N+]=NC1(C(=O)NCc2ccccc2)CC(S(=O)(=O)c2ccccc2)C1. The molecule has 0 aliphatic heterocycles. The van der Waals surface area contributed by atoms with Crippen LogP contribution in [0, 0.1) is 0 Å². The number of carbonyl (C=O) groups excluding carboxylic acids is 1. The van der Waals surface area contributed by atoms with E-state index in [9.17, 15) is 13.2 Å². The van der Waals surface area contributed by atoms with Crippen LogP contribution in [0.25, 0.3) is 10.4 Å². The fourth-order valence-electron chi connectivity index (χ4n) is 3.06. The van der Waals surface area contributed by atoms with Gasteiger partial charge in [0.1, 0.15) is 5.54 Å². The molecule has 0 unspecified atom stereocenters. The number of hydrogen-bond acceptors (Lipinski definition) is 4. The first-order valence-corrected chi connectivity index (χ1v) is 9.70. The van der Waals surface area contributed by atoms with Crippen molar-refractivity contribution in [3.8, 4) is 0 Å². The smallest absolute Gasteiger partial charge is 0.232 e. The lowest BCUT2D eigenvalue weighted by Crippen LogP contribution is -2.58. The van der Waals surface area contributed by atoms with Gasteiger partial charge in [0.25, 0.3) is 0 Å². The zero-order valence-corrected chi connectivity index (χ0v) is 14.8. The van der Waals surface area contributed by atoms with Crippen LogP contribution < -0.4 is 5.32 Å². The molecule has 26 heavy (non-hydrogen) atoms. The molecule has 0 spiro atoms. The quantitative estimate of drug-likeness (QED) is 0.479. The average Bonchev–Trinajstić information content (AvgIpc) is 2.63. The minimum atomic E-state index is -3.56. The number of hydrogen-bond donors (Lipinski definition) is 1. The summed E-state index contributed by atoms with van der Waals surface area (Å²) in [6.07, 6.45) is -0.0379. The van der Waals surface area contributed by atoms with E-state index in [1.807, 2.05) is 30.3 Å². The highest BCUT2D eigenvalue weighted by atomic mass is 32.2. The van der Waals surface area contributed by atoms with Crippen LogP contribution in [0.15, 0.2) is 70.7 Å². The van der Waals surface area contributed by atoms with Gasteiger partial charge in [-0.1, -0.05) is 53.6 Å². The lowest BCUT2D eigenvalue weighted by molar-refractivity contribution is -0.129. The molecular formula is C18H18N4O3S. The standard InChI is InChI=1S/C18H18N4O3S/c19-22-21-18(17(23)20-13-14-7-3-1-4-8-14)11-16(12-18)26(24,25)15-9-5-2-6-10-15/h1-10,16H,11-13H2,(H,20,23). The summed E-state index contributed by atoms with van der Waals surface area (Å²) in [6, 6.07) is 17.4. The number of amides is 1. The third-order valence-corrected chi connectivity index (χ3v) is 6.74. The lowest BCUT2D eigenvalue weighted by atomic mass is 9.76. The maximum absolute atomic E-state index is 12.6. The Morgan fingerprint density at radius 1 is 1.12 bits per heavy atom. The number of sulfone groups is 1. The first-order valence-electron chi connectivity index (χ1n) is 8.15. The number of nitrogens with one attached hydrogen (secondary N) is 1. The largest absolute Gasteiger partial charge is 0.351 e. The van der Waals surface area contributed by atoms with E-state index in [0.717, 1.165) is 5.56 Å². The highest BCUT2D eigenvalue weighted by Crippen LogP contribution is 2.42. The van der Waals surface area contributed by atoms with Gasteiger partial charge in [0.2, 0.25) is 5.91 Å². The summed E-state index contributed by atoms with van der Waals surface area (Å²) >= 11 is 0. The van der Waals surface area contributed by atoms with Gasteiger partial charge in [0, 0.05) is 11.5 Å².